The molecule has 1 amide bonds. The second-order valence-corrected chi connectivity index (χ2v) is 5.90. The Bertz CT molecular complexity index is 416. The van der Waals surface area contributed by atoms with Crippen LogP contribution in [0, 0.1) is 0 Å². The van der Waals surface area contributed by atoms with Crippen LogP contribution in [0.5, 0.6) is 0 Å². The maximum atomic E-state index is 12.1. The number of carbonyl (C=O) groups excluding carboxylic acids is 1. The van der Waals surface area contributed by atoms with Crippen LogP contribution in [-0.2, 0) is 20.7 Å². The van der Waals surface area contributed by atoms with Crippen LogP contribution in [-0.4, -0.2) is 42.9 Å². The summed E-state index contributed by atoms with van der Waals surface area (Å²) in [5.74, 6) is -0.136. The minimum atomic E-state index is -0.385. The van der Waals surface area contributed by atoms with E-state index in [0.29, 0.717) is 19.6 Å². The second-order valence-electron chi connectivity index (χ2n) is 5.12. The zero-order chi connectivity index (χ0) is 13.1. The van der Waals surface area contributed by atoms with E-state index in [9.17, 15) is 4.79 Å². The van der Waals surface area contributed by atoms with Crippen molar-refractivity contribution in [3.8, 4) is 0 Å². The van der Waals surface area contributed by atoms with Crippen molar-refractivity contribution < 1.29 is 14.3 Å². The first-order chi connectivity index (χ1) is 9.27. The Kier molecular flexibility index (Phi) is 3.86. The van der Waals surface area contributed by atoms with Crippen LogP contribution in [0.2, 0.25) is 0 Å². The fourth-order valence-corrected chi connectivity index (χ4v) is 3.43. The molecule has 1 spiro atoms. The highest BCUT2D eigenvalue weighted by Crippen LogP contribution is 2.31. The molecular formula is C14H19NO3S. The molecule has 4 nitrogen and oxygen atoms in total. The smallest absolute Gasteiger partial charge is 0.222 e. The van der Waals surface area contributed by atoms with Gasteiger partial charge in [-0.05, 0) is 28.8 Å². The predicted octanol–water partition coefficient (Wildman–Crippen LogP) is 2.05. The summed E-state index contributed by atoms with van der Waals surface area (Å²) in [6, 6.07) is 2.09. The number of ether oxygens (including phenoxy) is 2. The summed E-state index contributed by atoms with van der Waals surface area (Å²) in [7, 11) is 0. The van der Waals surface area contributed by atoms with Crippen molar-refractivity contribution in [1.29, 1.82) is 0 Å². The maximum Gasteiger partial charge on any atom is 0.222 e. The third-order valence-corrected chi connectivity index (χ3v) is 4.63. The Morgan fingerprint density at radius 1 is 1.32 bits per heavy atom. The van der Waals surface area contributed by atoms with Crippen LogP contribution in [0.4, 0.5) is 0 Å². The minimum absolute atomic E-state index is 0.249. The van der Waals surface area contributed by atoms with Gasteiger partial charge in [-0.3, -0.25) is 4.79 Å². The van der Waals surface area contributed by atoms with Gasteiger partial charge in [-0.1, -0.05) is 0 Å². The Balaban J connectivity index is 1.46. The van der Waals surface area contributed by atoms with Gasteiger partial charge in [0.25, 0.3) is 0 Å². The number of rotatable bonds is 3. The van der Waals surface area contributed by atoms with E-state index >= 15 is 0 Å². The SMILES string of the molecule is O=C(CCc1ccsc1)N1CCC2(CC1)OCCO2. The quantitative estimate of drug-likeness (QED) is 0.851. The molecule has 19 heavy (non-hydrogen) atoms. The van der Waals surface area contributed by atoms with Crippen molar-refractivity contribution in [2.45, 2.75) is 31.5 Å². The Hall–Kier alpha value is -0.910. The zero-order valence-corrected chi connectivity index (χ0v) is 11.8. The highest BCUT2D eigenvalue weighted by molar-refractivity contribution is 7.07. The Morgan fingerprint density at radius 2 is 2.05 bits per heavy atom. The number of carbonyl (C=O) groups is 1. The van der Waals surface area contributed by atoms with Gasteiger partial charge in [-0.25, -0.2) is 0 Å². The van der Waals surface area contributed by atoms with E-state index < -0.39 is 0 Å². The number of likely N-dealkylation sites (tertiary alicyclic amines) is 1. The first-order valence-corrected chi connectivity index (χ1v) is 7.78. The highest BCUT2D eigenvalue weighted by Gasteiger charge is 2.40. The summed E-state index contributed by atoms with van der Waals surface area (Å²) in [5, 5.41) is 4.16. The van der Waals surface area contributed by atoms with E-state index in [4.69, 9.17) is 9.47 Å². The largest absolute Gasteiger partial charge is 0.347 e. The average molecular weight is 281 g/mol. The number of hydrogen-bond acceptors (Lipinski definition) is 4. The van der Waals surface area contributed by atoms with E-state index in [1.54, 1.807) is 11.3 Å². The number of hydrogen-bond donors (Lipinski definition) is 0. The molecule has 0 radical (unpaired) electrons. The molecule has 0 N–H and O–H groups in total. The summed E-state index contributed by atoms with van der Waals surface area (Å²) in [4.78, 5) is 14.1. The van der Waals surface area contributed by atoms with Gasteiger partial charge in [0.15, 0.2) is 5.79 Å². The lowest BCUT2D eigenvalue weighted by Gasteiger charge is -2.37. The molecule has 0 unspecified atom stereocenters. The van der Waals surface area contributed by atoms with E-state index in [0.717, 1.165) is 32.4 Å². The summed E-state index contributed by atoms with van der Waals surface area (Å²) in [6.07, 6.45) is 3.05. The van der Waals surface area contributed by atoms with Gasteiger partial charge in [-0.2, -0.15) is 11.3 Å². The van der Waals surface area contributed by atoms with Crippen LogP contribution in [0.3, 0.4) is 0 Å². The molecule has 0 saturated carbocycles. The van der Waals surface area contributed by atoms with Crippen molar-refractivity contribution in [3.63, 3.8) is 0 Å². The lowest BCUT2D eigenvalue weighted by molar-refractivity contribution is -0.187. The minimum Gasteiger partial charge on any atom is -0.347 e. The van der Waals surface area contributed by atoms with Crippen molar-refractivity contribution in [1.82, 2.24) is 4.90 Å². The van der Waals surface area contributed by atoms with Crippen LogP contribution in [0.15, 0.2) is 16.8 Å². The van der Waals surface area contributed by atoms with Gasteiger partial charge in [0.05, 0.1) is 13.2 Å². The summed E-state index contributed by atoms with van der Waals surface area (Å²) >= 11 is 1.68. The summed E-state index contributed by atoms with van der Waals surface area (Å²) in [6.45, 7) is 2.88. The van der Waals surface area contributed by atoms with E-state index in [2.05, 4.69) is 16.8 Å². The molecule has 0 bridgehead atoms. The third-order valence-electron chi connectivity index (χ3n) is 3.90. The molecule has 3 heterocycles. The van der Waals surface area contributed by atoms with Gasteiger partial charge in [0, 0.05) is 32.4 Å². The molecular weight excluding hydrogens is 262 g/mol. The fourth-order valence-electron chi connectivity index (χ4n) is 2.73. The standard InChI is InChI=1S/C14H19NO3S/c16-13(2-1-12-3-10-19-11-12)15-6-4-14(5-7-15)17-8-9-18-14/h3,10-11H,1-2,4-9H2. The average Bonchev–Trinajstić information content (AvgIpc) is 3.09. The van der Waals surface area contributed by atoms with Crippen molar-refractivity contribution in [2.24, 2.45) is 0 Å². The molecule has 2 saturated heterocycles. The normalized spacial score (nSPS) is 22.0. The van der Waals surface area contributed by atoms with Gasteiger partial charge in [0.2, 0.25) is 5.91 Å². The fraction of sp³-hybridized carbons (Fsp3) is 0.643. The van der Waals surface area contributed by atoms with Crippen molar-refractivity contribution >= 4 is 17.2 Å². The van der Waals surface area contributed by atoms with Gasteiger partial charge in [0.1, 0.15) is 0 Å². The molecule has 0 aromatic carbocycles. The predicted molar refractivity (Wildman–Crippen MR) is 73.1 cm³/mol. The molecule has 2 aliphatic rings. The lowest BCUT2D eigenvalue weighted by atomic mass is 10.0. The second kappa shape index (κ2) is 5.61. The monoisotopic (exact) mass is 281 g/mol. The number of piperidine rings is 1. The van der Waals surface area contributed by atoms with Crippen LogP contribution in [0.1, 0.15) is 24.8 Å². The van der Waals surface area contributed by atoms with Crippen LogP contribution >= 0.6 is 11.3 Å². The van der Waals surface area contributed by atoms with E-state index in [1.807, 2.05) is 4.90 Å². The van der Waals surface area contributed by atoms with Crippen LogP contribution in [0.25, 0.3) is 0 Å². The lowest BCUT2D eigenvalue weighted by Crippen LogP contribution is -2.47. The first kappa shape index (κ1) is 13.1. The zero-order valence-electron chi connectivity index (χ0n) is 11.0. The van der Waals surface area contributed by atoms with E-state index in [-0.39, 0.29) is 11.7 Å². The number of aryl methyl sites for hydroxylation is 1. The molecule has 3 rings (SSSR count). The Labute approximate surface area is 117 Å². The topological polar surface area (TPSA) is 38.8 Å². The number of nitrogens with zero attached hydrogens (tertiary/aromatic N) is 1. The summed E-state index contributed by atoms with van der Waals surface area (Å²) < 4.78 is 11.3. The molecule has 0 aliphatic carbocycles. The first-order valence-electron chi connectivity index (χ1n) is 6.84. The molecule has 1 aromatic heterocycles. The van der Waals surface area contributed by atoms with Gasteiger partial charge < -0.3 is 14.4 Å². The number of amides is 1. The highest BCUT2D eigenvalue weighted by atomic mass is 32.1. The third kappa shape index (κ3) is 2.99. The van der Waals surface area contributed by atoms with Crippen molar-refractivity contribution in [2.75, 3.05) is 26.3 Å². The molecule has 5 heteroatoms. The van der Waals surface area contributed by atoms with Gasteiger partial charge in [-0.15, -0.1) is 0 Å². The Morgan fingerprint density at radius 3 is 2.68 bits per heavy atom. The number of thiophene rings is 1. The molecule has 2 fully saturated rings. The van der Waals surface area contributed by atoms with Crippen LogP contribution < -0.4 is 0 Å². The van der Waals surface area contributed by atoms with E-state index in [1.165, 1.54) is 5.56 Å². The maximum absolute atomic E-state index is 12.1. The van der Waals surface area contributed by atoms with Gasteiger partial charge >= 0.3 is 0 Å². The summed E-state index contributed by atoms with van der Waals surface area (Å²) in [5.41, 5.74) is 1.26. The van der Waals surface area contributed by atoms with Crippen molar-refractivity contribution in [3.05, 3.63) is 22.4 Å². The molecule has 2 aliphatic heterocycles. The molecule has 104 valence electrons. The molecule has 0 atom stereocenters. The molecule has 1 aromatic rings.